The van der Waals surface area contributed by atoms with Gasteiger partial charge in [-0.3, -0.25) is 0 Å². The number of nitrogens with zero attached hydrogens (tertiary/aromatic N) is 5. The normalized spacial score (nSPS) is 26.7. The maximum atomic E-state index is 5.38. The summed E-state index contributed by atoms with van der Waals surface area (Å²) >= 11 is 0. The molecule has 2 fully saturated rings. The van der Waals surface area contributed by atoms with Gasteiger partial charge >= 0.3 is 0 Å². The van der Waals surface area contributed by atoms with E-state index < -0.39 is 0 Å². The molecular weight excluding hydrogens is 268 g/mol. The van der Waals surface area contributed by atoms with Crippen LogP contribution in [0.25, 0.3) is 11.6 Å². The molecule has 3 heterocycles. The number of rotatable bonds is 3. The first-order valence-electron chi connectivity index (χ1n) is 7.76. The van der Waals surface area contributed by atoms with E-state index in [0.29, 0.717) is 23.5 Å². The fourth-order valence-corrected chi connectivity index (χ4v) is 3.04. The van der Waals surface area contributed by atoms with Gasteiger partial charge in [0.05, 0.1) is 12.2 Å². The van der Waals surface area contributed by atoms with Crippen molar-refractivity contribution in [2.75, 3.05) is 13.1 Å². The molecule has 2 aromatic heterocycles. The molecule has 7 heteroatoms. The fraction of sp³-hybridized carbons (Fsp3) is 0.714. The van der Waals surface area contributed by atoms with Gasteiger partial charge in [0.15, 0.2) is 11.5 Å². The SMILES string of the molecule is CC1CCC(c2noc(-c3cn(C4CNC4)nn3)n2)CC1. The van der Waals surface area contributed by atoms with Crippen molar-refractivity contribution in [3.05, 3.63) is 12.0 Å². The Bertz CT molecular complexity index is 609. The van der Waals surface area contributed by atoms with Gasteiger partial charge in [0.25, 0.3) is 5.89 Å². The molecule has 4 rings (SSSR count). The van der Waals surface area contributed by atoms with E-state index in [9.17, 15) is 0 Å². The molecule has 0 bridgehead atoms. The molecule has 21 heavy (non-hydrogen) atoms. The lowest BCUT2D eigenvalue weighted by Crippen LogP contribution is -2.43. The maximum Gasteiger partial charge on any atom is 0.280 e. The zero-order valence-corrected chi connectivity index (χ0v) is 12.2. The van der Waals surface area contributed by atoms with Crippen LogP contribution in [0, 0.1) is 5.92 Å². The summed E-state index contributed by atoms with van der Waals surface area (Å²) in [4.78, 5) is 4.54. The van der Waals surface area contributed by atoms with Crippen LogP contribution in [0.2, 0.25) is 0 Å². The Balaban J connectivity index is 1.49. The second kappa shape index (κ2) is 5.22. The van der Waals surface area contributed by atoms with Crippen LogP contribution < -0.4 is 5.32 Å². The summed E-state index contributed by atoms with van der Waals surface area (Å²) < 4.78 is 7.26. The van der Waals surface area contributed by atoms with E-state index in [0.717, 1.165) is 37.7 Å². The van der Waals surface area contributed by atoms with E-state index in [1.54, 1.807) is 0 Å². The molecular formula is C14H20N6O. The van der Waals surface area contributed by atoms with Gasteiger partial charge in [0.2, 0.25) is 0 Å². The third kappa shape index (κ3) is 2.46. The van der Waals surface area contributed by atoms with Crippen LogP contribution in [0.15, 0.2) is 10.7 Å². The standard InChI is InChI=1S/C14H20N6O/c1-9-2-4-10(5-3-9)13-16-14(21-18-13)12-8-20(19-17-12)11-6-15-7-11/h8-11,15H,2-7H2,1H3. The molecule has 7 nitrogen and oxygen atoms in total. The minimum atomic E-state index is 0.397. The van der Waals surface area contributed by atoms with E-state index in [4.69, 9.17) is 4.52 Å². The molecule has 2 aliphatic rings. The smallest absolute Gasteiger partial charge is 0.280 e. The van der Waals surface area contributed by atoms with Gasteiger partial charge in [-0.25, -0.2) is 4.68 Å². The van der Waals surface area contributed by atoms with Crippen molar-refractivity contribution in [3.63, 3.8) is 0 Å². The van der Waals surface area contributed by atoms with E-state index in [1.807, 2.05) is 10.9 Å². The van der Waals surface area contributed by atoms with E-state index >= 15 is 0 Å². The van der Waals surface area contributed by atoms with Crippen molar-refractivity contribution in [1.29, 1.82) is 0 Å². The topological polar surface area (TPSA) is 81.7 Å². The first kappa shape index (κ1) is 12.9. The van der Waals surface area contributed by atoms with Crippen molar-refractivity contribution in [3.8, 4) is 11.6 Å². The van der Waals surface area contributed by atoms with Crippen molar-refractivity contribution in [1.82, 2.24) is 30.5 Å². The quantitative estimate of drug-likeness (QED) is 0.927. The highest BCUT2D eigenvalue weighted by Crippen LogP contribution is 2.34. The Morgan fingerprint density at radius 3 is 2.76 bits per heavy atom. The summed E-state index contributed by atoms with van der Waals surface area (Å²) in [6, 6.07) is 0.397. The molecule has 1 saturated carbocycles. The minimum absolute atomic E-state index is 0.397. The molecule has 2 aromatic rings. The highest BCUT2D eigenvalue weighted by atomic mass is 16.5. The largest absolute Gasteiger partial charge is 0.332 e. The molecule has 112 valence electrons. The number of nitrogens with one attached hydrogen (secondary N) is 1. The van der Waals surface area contributed by atoms with Crippen molar-refractivity contribution < 1.29 is 4.52 Å². The summed E-state index contributed by atoms with van der Waals surface area (Å²) in [6.07, 6.45) is 6.70. The highest BCUT2D eigenvalue weighted by molar-refractivity contribution is 5.43. The van der Waals surface area contributed by atoms with Crippen LogP contribution in [0.4, 0.5) is 0 Å². The highest BCUT2D eigenvalue weighted by Gasteiger charge is 2.26. The first-order valence-corrected chi connectivity index (χ1v) is 7.76. The third-order valence-electron chi connectivity index (χ3n) is 4.69. The number of hydrogen-bond acceptors (Lipinski definition) is 6. The van der Waals surface area contributed by atoms with Gasteiger partial charge < -0.3 is 9.84 Å². The Hall–Kier alpha value is -1.76. The van der Waals surface area contributed by atoms with Gasteiger partial charge in [0, 0.05) is 19.0 Å². The van der Waals surface area contributed by atoms with Crippen LogP contribution in [-0.4, -0.2) is 38.2 Å². The second-order valence-electron chi connectivity index (χ2n) is 6.31. The Morgan fingerprint density at radius 2 is 2.05 bits per heavy atom. The van der Waals surface area contributed by atoms with Gasteiger partial charge in [-0.2, -0.15) is 4.98 Å². The molecule has 0 radical (unpaired) electrons. The van der Waals surface area contributed by atoms with Crippen molar-refractivity contribution >= 4 is 0 Å². The summed E-state index contributed by atoms with van der Waals surface area (Å²) in [5.41, 5.74) is 0.671. The van der Waals surface area contributed by atoms with Gasteiger partial charge in [-0.05, 0) is 18.8 Å². The lowest BCUT2D eigenvalue weighted by molar-refractivity contribution is 0.313. The van der Waals surface area contributed by atoms with Crippen LogP contribution >= 0.6 is 0 Å². The average molecular weight is 288 g/mol. The molecule has 0 aromatic carbocycles. The molecule has 1 aliphatic heterocycles. The van der Waals surface area contributed by atoms with E-state index in [2.05, 4.69) is 32.7 Å². The predicted molar refractivity (Wildman–Crippen MR) is 75.6 cm³/mol. The van der Waals surface area contributed by atoms with E-state index in [1.165, 1.54) is 12.8 Å². The van der Waals surface area contributed by atoms with Crippen LogP contribution in [0.3, 0.4) is 0 Å². The van der Waals surface area contributed by atoms with Crippen LogP contribution in [-0.2, 0) is 0 Å². The van der Waals surface area contributed by atoms with Crippen LogP contribution in [0.5, 0.6) is 0 Å². The zero-order valence-electron chi connectivity index (χ0n) is 12.2. The van der Waals surface area contributed by atoms with Gasteiger partial charge in [0.1, 0.15) is 0 Å². The van der Waals surface area contributed by atoms with Crippen molar-refractivity contribution in [2.45, 2.75) is 44.6 Å². The summed E-state index contributed by atoms with van der Waals surface area (Å²) in [6.45, 7) is 4.20. The molecule has 0 amide bonds. The predicted octanol–water partition coefficient (Wildman–Crippen LogP) is 1.77. The minimum Gasteiger partial charge on any atom is -0.332 e. The number of aromatic nitrogens is 5. The molecule has 1 N–H and O–H groups in total. The van der Waals surface area contributed by atoms with Crippen LogP contribution in [0.1, 0.15) is 50.4 Å². The molecule has 1 saturated heterocycles. The monoisotopic (exact) mass is 288 g/mol. The lowest BCUT2D eigenvalue weighted by Gasteiger charge is -2.26. The third-order valence-corrected chi connectivity index (χ3v) is 4.69. The summed E-state index contributed by atoms with van der Waals surface area (Å²) in [7, 11) is 0. The van der Waals surface area contributed by atoms with Gasteiger partial charge in [-0.15, -0.1) is 5.10 Å². The molecule has 0 spiro atoms. The Labute approximate surface area is 123 Å². The molecule has 0 atom stereocenters. The summed E-state index contributed by atoms with van der Waals surface area (Å²) in [5, 5.41) is 15.7. The Morgan fingerprint density at radius 1 is 1.24 bits per heavy atom. The average Bonchev–Trinajstić information content (AvgIpc) is 3.06. The Kier molecular flexibility index (Phi) is 3.21. The maximum absolute atomic E-state index is 5.38. The van der Waals surface area contributed by atoms with Gasteiger partial charge in [-0.1, -0.05) is 30.1 Å². The lowest BCUT2D eigenvalue weighted by atomic mass is 9.83. The first-order chi connectivity index (χ1) is 10.3. The molecule has 0 unspecified atom stereocenters. The second-order valence-corrected chi connectivity index (χ2v) is 6.31. The molecule has 1 aliphatic carbocycles. The summed E-state index contributed by atoms with van der Waals surface area (Å²) in [5.74, 6) is 2.58. The number of hydrogen-bond donors (Lipinski definition) is 1. The van der Waals surface area contributed by atoms with Crippen molar-refractivity contribution in [2.24, 2.45) is 5.92 Å². The zero-order chi connectivity index (χ0) is 14.2. The van der Waals surface area contributed by atoms with E-state index in [-0.39, 0.29) is 0 Å². The fourth-order valence-electron chi connectivity index (χ4n) is 3.04.